The van der Waals surface area contributed by atoms with Gasteiger partial charge in [-0.05, 0) is 65.8 Å². The summed E-state index contributed by atoms with van der Waals surface area (Å²) in [6.07, 6.45) is -12.2. The van der Waals surface area contributed by atoms with E-state index in [0.29, 0.717) is 37.1 Å². The summed E-state index contributed by atoms with van der Waals surface area (Å²) in [6, 6.07) is 11.5. The van der Waals surface area contributed by atoms with Crippen LogP contribution in [0.4, 0.5) is 4.79 Å². The van der Waals surface area contributed by atoms with Crippen molar-refractivity contribution < 1.29 is 59.9 Å². The van der Waals surface area contributed by atoms with Crippen LogP contribution < -0.4 is 0 Å². The van der Waals surface area contributed by atoms with Gasteiger partial charge < -0.3 is 60.0 Å². The average Bonchev–Trinajstić information content (AvgIpc) is 3.37. The van der Waals surface area contributed by atoms with E-state index in [1.807, 2.05) is 36.4 Å². The van der Waals surface area contributed by atoms with Crippen LogP contribution in [0.3, 0.4) is 0 Å². The topological polar surface area (TPSA) is 210 Å². The minimum atomic E-state index is -1.54. The first kappa shape index (κ1) is 35.3. The smallest absolute Gasteiger partial charge is 0.409 e. The molecule has 0 bridgehead atoms. The fourth-order valence-corrected chi connectivity index (χ4v) is 7.35. The summed E-state index contributed by atoms with van der Waals surface area (Å²) >= 11 is 0. The maximum atomic E-state index is 12.4. The minimum absolute atomic E-state index is 0.0697. The molecular formula is C36H41NO12. The molecule has 13 nitrogen and oxygen atoms in total. The molecule has 4 aliphatic rings. The first-order valence-corrected chi connectivity index (χ1v) is 16.3. The third-order valence-corrected chi connectivity index (χ3v) is 10.1. The zero-order chi connectivity index (χ0) is 35.0. The molecule has 3 fully saturated rings. The molecule has 8 N–H and O–H groups in total. The van der Waals surface area contributed by atoms with Gasteiger partial charge in [0.15, 0.2) is 0 Å². The SMILES string of the molecule is COC(=O)N1CCC2(CC1)c1cc(C#C[C@H]3O[C@H](CO)[C@@H](O)[C@H](O)[C@@H]3O)ccc1-c1ccc(C#C[C@H]3O[C@H](CCO)[C@@H](O)[C@H](O)[C@@H]3O)cc12. The molecule has 0 saturated carbocycles. The molecular weight excluding hydrogens is 638 g/mol. The van der Waals surface area contributed by atoms with Crippen LogP contribution in [0.5, 0.6) is 0 Å². The molecule has 3 saturated heterocycles. The monoisotopic (exact) mass is 679 g/mol. The van der Waals surface area contributed by atoms with E-state index in [9.17, 15) is 45.6 Å². The predicted molar refractivity (Wildman–Crippen MR) is 172 cm³/mol. The van der Waals surface area contributed by atoms with Crippen molar-refractivity contribution >= 4 is 6.09 Å². The number of piperidine rings is 1. The van der Waals surface area contributed by atoms with E-state index in [0.717, 1.165) is 22.3 Å². The third-order valence-electron chi connectivity index (χ3n) is 10.1. The number of fused-ring (bicyclic) bond motifs is 5. The van der Waals surface area contributed by atoms with Crippen molar-refractivity contribution in [1.29, 1.82) is 0 Å². The van der Waals surface area contributed by atoms with Crippen molar-refractivity contribution in [2.75, 3.05) is 33.4 Å². The molecule has 13 heteroatoms. The lowest BCUT2D eigenvalue weighted by Gasteiger charge is -2.40. The second-order valence-corrected chi connectivity index (χ2v) is 12.9. The fourth-order valence-electron chi connectivity index (χ4n) is 7.35. The number of aliphatic hydroxyl groups is 8. The van der Waals surface area contributed by atoms with E-state index in [4.69, 9.17) is 14.2 Å². The highest BCUT2D eigenvalue weighted by Gasteiger charge is 2.47. The Morgan fingerprint density at radius 1 is 0.776 bits per heavy atom. The molecule has 3 heterocycles. The van der Waals surface area contributed by atoms with E-state index in [1.165, 1.54) is 7.11 Å². The van der Waals surface area contributed by atoms with E-state index in [1.54, 1.807) is 4.90 Å². The second-order valence-electron chi connectivity index (χ2n) is 12.9. The Labute approximate surface area is 283 Å². The fraction of sp³-hybridized carbons (Fsp3) is 0.528. The summed E-state index contributed by atoms with van der Waals surface area (Å²) in [4.78, 5) is 14.0. The summed E-state index contributed by atoms with van der Waals surface area (Å²) in [6.45, 7) is 0.0293. The maximum Gasteiger partial charge on any atom is 0.409 e. The number of likely N-dealkylation sites (tertiary alicyclic amines) is 1. The van der Waals surface area contributed by atoms with Crippen LogP contribution >= 0.6 is 0 Å². The van der Waals surface area contributed by atoms with Crippen molar-refractivity contribution in [2.45, 2.75) is 85.7 Å². The van der Waals surface area contributed by atoms with Crippen molar-refractivity contribution in [3.8, 4) is 34.8 Å². The van der Waals surface area contributed by atoms with Crippen LogP contribution in [-0.2, 0) is 19.6 Å². The van der Waals surface area contributed by atoms with Crippen molar-refractivity contribution in [3.63, 3.8) is 0 Å². The molecule has 1 spiro atoms. The predicted octanol–water partition coefficient (Wildman–Crippen LogP) is -1.41. The van der Waals surface area contributed by atoms with Gasteiger partial charge in [0, 0.05) is 36.2 Å². The van der Waals surface area contributed by atoms with Crippen LogP contribution in [0.15, 0.2) is 36.4 Å². The summed E-state index contributed by atoms with van der Waals surface area (Å²) in [7, 11) is 1.34. The Kier molecular flexibility index (Phi) is 10.3. The van der Waals surface area contributed by atoms with Crippen molar-refractivity contribution in [2.24, 2.45) is 0 Å². The van der Waals surface area contributed by atoms with Crippen LogP contribution in [0.1, 0.15) is 41.5 Å². The van der Waals surface area contributed by atoms with Gasteiger partial charge in [-0.2, -0.15) is 0 Å². The van der Waals surface area contributed by atoms with E-state index >= 15 is 0 Å². The standard InChI is InChI=1S/C36H41NO12/c1-47-35(46)37-13-11-36(12-14-37)23-16-19(4-8-25-29(40)33(44)31(42)27(48-25)10-15-38)2-6-21(23)22-7-3-20(17-24(22)36)5-9-26-30(41)34(45)32(43)28(18-39)49-26/h2-3,6-7,16-17,25-34,38-45H,10-15,18H2,1H3/t25-,26-,27-,28-,29-,30-,31-,32-,33-,34-/m1/s1. The Balaban J connectivity index is 1.33. The largest absolute Gasteiger partial charge is 0.453 e. The Hall–Kier alpha value is -3.57. The van der Waals surface area contributed by atoms with Crippen molar-refractivity contribution in [3.05, 3.63) is 58.7 Å². The molecule has 2 aromatic rings. The van der Waals surface area contributed by atoms with Gasteiger partial charge in [0.25, 0.3) is 0 Å². The van der Waals surface area contributed by atoms with Gasteiger partial charge >= 0.3 is 6.09 Å². The lowest BCUT2D eigenvalue weighted by Crippen LogP contribution is -2.58. The van der Waals surface area contributed by atoms with Crippen LogP contribution in [0.25, 0.3) is 11.1 Å². The number of carbonyl (C=O) groups excluding carboxylic acids is 1. The molecule has 10 atom stereocenters. The van der Waals surface area contributed by atoms with Gasteiger partial charge in [0.2, 0.25) is 0 Å². The van der Waals surface area contributed by atoms with Crippen LogP contribution in [0.2, 0.25) is 0 Å². The number of methoxy groups -OCH3 is 1. The molecule has 1 aliphatic carbocycles. The second kappa shape index (κ2) is 14.3. The van der Waals surface area contributed by atoms with E-state index in [2.05, 4.69) is 23.7 Å². The highest BCUT2D eigenvalue weighted by Crippen LogP contribution is 2.54. The van der Waals surface area contributed by atoms with Gasteiger partial charge in [-0.25, -0.2) is 4.79 Å². The third kappa shape index (κ3) is 6.44. The number of rotatable bonds is 3. The van der Waals surface area contributed by atoms with Crippen LogP contribution in [-0.4, -0.2) is 146 Å². The van der Waals surface area contributed by atoms with Crippen LogP contribution in [0, 0.1) is 23.7 Å². The maximum absolute atomic E-state index is 12.4. The van der Waals surface area contributed by atoms with Gasteiger partial charge in [0.1, 0.15) is 54.9 Å². The molecule has 1 amide bonds. The van der Waals surface area contributed by atoms with E-state index < -0.39 is 79.2 Å². The Morgan fingerprint density at radius 3 is 1.73 bits per heavy atom. The molecule has 0 aromatic heterocycles. The number of ether oxygens (including phenoxy) is 3. The molecule has 0 unspecified atom stereocenters. The number of nitrogens with zero attached hydrogens (tertiary/aromatic N) is 1. The number of amides is 1. The highest BCUT2D eigenvalue weighted by molar-refractivity contribution is 5.83. The van der Waals surface area contributed by atoms with Gasteiger partial charge in [-0.3, -0.25) is 0 Å². The summed E-state index contributed by atoms with van der Waals surface area (Å²) < 4.78 is 16.3. The van der Waals surface area contributed by atoms with Gasteiger partial charge in [-0.1, -0.05) is 35.8 Å². The highest BCUT2D eigenvalue weighted by atomic mass is 16.6. The normalized spacial score (nSPS) is 33.0. The first-order valence-electron chi connectivity index (χ1n) is 16.3. The minimum Gasteiger partial charge on any atom is -0.453 e. The Bertz CT molecular complexity index is 1670. The number of hydrogen-bond donors (Lipinski definition) is 8. The number of aliphatic hydroxyl groups excluding tert-OH is 8. The summed E-state index contributed by atoms with van der Waals surface area (Å²) in [5.41, 5.74) is 4.66. The molecule has 2 aromatic carbocycles. The lowest BCUT2D eigenvalue weighted by molar-refractivity contribution is -0.214. The van der Waals surface area contributed by atoms with Gasteiger partial charge in [0.05, 0.1) is 19.8 Å². The molecule has 49 heavy (non-hydrogen) atoms. The molecule has 262 valence electrons. The average molecular weight is 680 g/mol. The summed E-state index contributed by atoms with van der Waals surface area (Å²) in [5, 5.41) is 80.8. The quantitative estimate of drug-likeness (QED) is 0.176. The number of benzene rings is 2. The summed E-state index contributed by atoms with van der Waals surface area (Å²) in [5.74, 6) is 11.8. The molecule has 3 aliphatic heterocycles. The number of carbonyl (C=O) groups is 1. The van der Waals surface area contributed by atoms with Gasteiger partial charge in [-0.15, -0.1) is 0 Å². The van der Waals surface area contributed by atoms with Crippen molar-refractivity contribution in [1.82, 2.24) is 4.90 Å². The Morgan fingerprint density at radius 2 is 1.27 bits per heavy atom. The van der Waals surface area contributed by atoms with E-state index in [-0.39, 0.29) is 13.0 Å². The first-order chi connectivity index (χ1) is 23.5. The lowest BCUT2D eigenvalue weighted by atomic mass is 9.70. The molecule has 6 rings (SSSR count). The zero-order valence-corrected chi connectivity index (χ0v) is 26.8. The zero-order valence-electron chi connectivity index (χ0n) is 26.8. The molecule has 0 radical (unpaired) electrons. The number of hydrogen-bond acceptors (Lipinski definition) is 12.